The maximum absolute atomic E-state index is 11.6. The molecule has 5 heteroatoms. The van der Waals surface area contributed by atoms with Crippen LogP contribution in [0, 0.1) is 11.8 Å². The van der Waals surface area contributed by atoms with Gasteiger partial charge in [0.05, 0.1) is 0 Å². The minimum Gasteiger partial charge on any atom is -0.356 e. The molecule has 1 fully saturated rings. The molecule has 0 aliphatic heterocycles. The lowest BCUT2D eigenvalue weighted by Gasteiger charge is -2.06. The van der Waals surface area contributed by atoms with E-state index in [9.17, 15) is 9.59 Å². The van der Waals surface area contributed by atoms with E-state index in [1.165, 1.54) is 0 Å². The number of carbonyl (C=O) groups excluding carboxylic acids is 2. The Kier molecular flexibility index (Phi) is 5.09. The zero-order chi connectivity index (χ0) is 14.4. The van der Waals surface area contributed by atoms with E-state index in [-0.39, 0.29) is 17.7 Å². The predicted molar refractivity (Wildman–Crippen MR) is 75.8 cm³/mol. The van der Waals surface area contributed by atoms with Crippen LogP contribution in [0.3, 0.4) is 0 Å². The summed E-state index contributed by atoms with van der Waals surface area (Å²) in [7, 11) is 0. The van der Waals surface area contributed by atoms with E-state index < -0.39 is 0 Å². The first-order chi connectivity index (χ1) is 9.66. The highest BCUT2D eigenvalue weighted by atomic mass is 16.2. The molecule has 0 spiro atoms. The van der Waals surface area contributed by atoms with E-state index in [0.717, 1.165) is 18.5 Å². The van der Waals surface area contributed by atoms with Crippen molar-refractivity contribution in [2.45, 2.75) is 26.2 Å². The molecular formula is C15H21N3O2. The Balaban J connectivity index is 1.53. The molecule has 0 aromatic carbocycles. The number of pyridine rings is 1. The number of amides is 2. The van der Waals surface area contributed by atoms with E-state index in [0.29, 0.717) is 25.4 Å². The van der Waals surface area contributed by atoms with Crippen molar-refractivity contribution in [2.75, 3.05) is 13.1 Å². The van der Waals surface area contributed by atoms with Crippen molar-refractivity contribution in [3.05, 3.63) is 30.1 Å². The lowest BCUT2D eigenvalue weighted by molar-refractivity contribution is -0.123. The monoisotopic (exact) mass is 275 g/mol. The van der Waals surface area contributed by atoms with Gasteiger partial charge in [-0.3, -0.25) is 14.6 Å². The van der Waals surface area contributed by atoms with Crippen molar-refractivity contribution < 1.29 is 9.59 Å². The molecule has 5 nitrogen and oxygen atoms in total. The van der Waals surface area contributed by atoms with Crippen LogP contribution in [-0.2, 0) is 16.0 Å². The molecule has 2 rings (SSSR count). The summed E-state index contributed by atoms with van der Waals surface area (Å²) in [5, 5.41) is 5.63. The number of hydrogen-bond donors (Lipinski definition) is 2. The Morgan fingerprint density at radius 1 is 1.30 bits per heavy atom. The van der Waals surface area contributed by atoms with Crippen LogP contribution in [0.1, 0.15) is 25.5 Å². The Morgan fingerprint density at radius 2 is 2.10 bits per heavy atom. The Labute approximate surface area is 119 Å². The van der Waals surface area contributed by atoms with Gasteiger partial charge < -0.3 is 10.6 Å². The highest BCUT2D eigenvalue weighted by Gasteiger charge is 2.38. The zero-order valence-electron chi connectivity index (χ0n) is 11.8. The predicted octanol–water partition coefficient (Wildman–Crippen LogP) is 0.903. The average Bonchev–Trinajstić information content (AvgIpc) is 3.17. The molecule has 1 saturated carbocycles. The molecule has 0 bridgehead atoms. The number of carbonyl (C=O) groups is 2. The molecule has 1 aromatic rings. The second-order valence-electron chi connectivity index (χ2n) is 5.28. The summed E-state index contributed by atoms with van der Waals surface area (Å²) in [6, 6.07) is 5.73. The van der Waals surface area contributed by atoms with Gasteiger partial charge in [0.1, 0.15) is 0 Å². The summed E-state index contributed by atoms with van der Waals surface area (Å²) >= 11 is 0. The van der Waals surface area contributed by atoms with Gasteiger partial charge in [-0.15, -0.1) is 0 Å². The van der Waals surface area contributed by atoms with Crippen LogP contribution < -0.4 is 10.6 Å². The Hall–Kier alpha value is -1.91. The molecule has 2 atom stereocenters. The summed E-state index contributed by atoms with van der Waals surface area (Å²) in [5.41, 5.74) is 0.962. The fraction of sp³-hybridized carbons (Fsp3) is 0.533. The molecule has 1 aromatic heterocycles. The number of rotatable bonds is 7. The van der Waals surface area contributed by atoms with Crippen molar-refractivity contribution in [1.29, 1.82) is 0 Å². The van der Waals surface area contributed by atoms with E-state index in [1.807, 2.05) is 18.2 Å². The van der Waals surface area contributed by atoms with Crippen LogP contribution in [0.4, 0.5) is 0 Å². The molecule has 1 heterocycles. The molecule has 2 unspecified atom stereocenters. The van der Waals surface area contributed by atoms with Crippen LogP contribution in [0.15, 0.2) is 24.4 Å². The molecule has 1 aliphatic rings. The quantitative estimate of drug-likeness (QED) is 0.777. The maximum Gasteiger partial charge on any atom is 0.223 e. The Bertz CT molecular complexity index is 461. The van der Waals surface area contributed by atoms with Crippen molar-refractivity contribution in [3.63, 3.8) is 0 Å². The number of nitrogens with zero attached hydrogens (tertiary/aromatic N) is 1. The third-order valence-electron chi connectivity index (χ3n) is 3.53. The van der Waals surface area contributed by atoms with Crippen molar-refractivity contribution in [3.8, 4) is 0 Å². The van der Waals surface area contributed by atoms with Crippen LogP contribution >= 0.6 is 0 Å². The number of hydrogen-bond acceptors (Lipinski definition) is 3. The second-order valence-corrected chi connectivity index (χ2v) is 5.28. The first-order valence-corrected chi connectivity index (χ1v) is 7.11. The fourth-order valence-corrected chi connectivity index (χ4v) is 2.08. The van der Waals surface area contributed by atoms with Gasteiger partial charge in [0, 0.05) is 43.7 Å². The number of nitrogens with one attached hydrogen (secondary N) is 2. The molecular weight excluding hydrogens is 254 g/mol. The minimum atomic E-state index is -0.0370. The average molecular weight is 275 g/mol. The first-order valence-electron chi connectivity index (χ1n) is 7.11. The smallest absolute Gasteiger partial charge is 0.223 e. The molecule has 108 valence electrons. The summed E-state index contributed by atoms with van der Waals surface area (Å²) in [5.74, 6) is 0.716. The van der Waals surface area contributed by atoms with Gasteiger partial charge in [-0.2, -0.15) is 0 Å². The van der Waals surface area contributed by atoms with Crippen LogP contribution in [0.25, 0.3) is 0 Å². The fourth-order valence-electron chi connectivity index (χ4n) is 2.08. The van der Waals surface area contributed by atoms with Gasteiger partial charge in [0.15, 0.2) is 0 Å². The molecule has 2 amide bonds. The van der Waals surface area contributed by atoms with E-state index >= 15 is 0 Å². The molecule has 0 saturated heterocycles. The van der Waals surface area contributed by atoms with Gasteiger partial charge in [0.2, 0.25) is 11.8 Å². The van der Waals surface area contributed by atoms with Gasteiger partial charge in [-0.1, -0.05) is 13.0 Å². The molecule has 0 radical (unpaired) electrons. The molecule has 1 aliphatic carbocycles. The molecule has 20 heavy (non-hydrogen) atoms. The second kappa shape index (κ2) is 7.03. The van der Waals surface area contributed by atoms with Crippen molar-refractivity contribution in [2.24, 2.45) is 11.8 Å². The van der Waals surface area contributed by atoms with Gasteiger partial charge in [-0.05, 0) is 24.5 Å². The third kappa shape index (κ3) is 4.64. The van der Waals surface area contributed by atoms with Crippen LogP contribution in [0.5, 0.6) is 0 Å². The van der Waals surface area contributed by atoms with E-state index in [4.69, 9.17) is 0 Å². The zero-order valence-corrected chi connectivity index (χ0v) is 11.8. The highest BCUT2D eigenvalue weighted by Crippen LogP contribution is 2.37. The SMILES string of the molecule is CC1CC1C(=O)NCCC(=O)NCCc1ccccn1. The van der Waals surface area contributed by atoms with Crippen LogP contribution in [-0.4, -0.2) is 29.9 Å². The third-order valence-corrected chi connectivity index (χ3v) is 3.53. The highest BCUT2D eigenvalue weighted by molar-refractivity contribution is 5.82. The number of aromatic nitrogens is 1. The first kappa shape index (κ1) is 14.5. The lowest BCUT2D eigenvalue weighted by Crippen LogP contribution is -2.32. The normalized spacial score (nSPS) is 20.2. The maximum atomic E-state index is 11.6. The van der Waals surface area contributed by atoms with Crippen molar-refractivity contribution in [1.82, 2.24) is 15.6 Å². The Morgan fingerprint density at radius 3 is 2.75 bits per heavy atom. The summed E-state index contributed by atoms with van der Waals surface area (Å²) in [4.78, 5) is 27.3. The summed E-state index contributed by atoms with van der Waals surface area (Å²) < 4.78 is 0. The van der Waals surface area contributed by atoms with Gasteiger partial charge in [0.25, 0.3) is 0 Å². The molecule has 2 N–H and O–H groups in total. The summed E-state index contributed by atoms with van der Waals surface area (Å²) in [6.07, 6.45) is 3.77. The van der Waals surface area contributed by atoms with E-state index in [1.54, 1.807) is 6.20 Å². The largest absolute Gasteiger partial charge is 0.356 e. The summed E-state index contributed by atoms with van der Waals surface area (Å²) in [6.45, 7) is 3.05. The van der Waals surface area contributed by atoms with Gasteiger partial charge in [-0.25, -0.2) is 0 Å². The van der Waals surface area contributed by atoms with Crippen molar-refractivity contribution >= 4 is 11.8 Å². The van der Waals surface area contributed by atoms with Crippen LogP contribution in [0.2, 0.25) is 0 Å². The lowest BCUT2D eigenvalue weighted by atomic mass is 10.2. The van der Waals surface area contributed by atoms with E-state index in [2.05, 4.69) is 22.5 Å². The topological polar surface area (TPSA) is 71.1 Å². The minimum absolute atomic E-state index is 0.0370. The van der Waals surface area contributed by atoms with Gasteiger partial charge >= 0.3 is 0 Å². The standard InChI is InChI=1S/C15H21N3O2/c1-11-10-13(11)15(20)18-9-6-14(19)17-8-5-12-4-2-3-7-16-12/h2-4,7,11,13H,5-6,8-10H2,1H3,(H,17,19)(H,18,20).